The number of hydrogen-bond donors (Lipinski definition) is 1. The molecule has 1 N–H and O–H groups in total. The smallest absolute Gasteiger partial charge is 0.253 e. The largest absolute Gasteiger partial charge is 0.476 e. The Kier molecular flexibility index (Phi) is 4.89. The summed E-state index contributed by atoms with van der Waals surface area (Å²) >= 11 is 0. The SMILES string of the molecule is COC(=N)SSc1ccc(N=[N+]=[N-])cc1. The van der Waals surface area contributed by atoms with Gasteiger partial charge in [-0.25, -0.2) is 0 Å². The van der Waals surface area contributed by atoms with Gasteiger partial charge in [0, 0.05) is 26.3 Å². The minimum Gasteiger partial charge on any atom is -0.476 e. The van der Waals surface area contributed by atoms with Gasteiger partial charge in [-0.15, -0.1) is 0 Å². The van der Waals surface area contributed by atoms with Gasteiger partial charge < -0.3 is 4.74 Å². The highest BCUT2D eigenvalue weighted by atomic mass is 33.1. The van der Waals surface area contributed by atoms with Crippen LogP contribution in [0, 0.1) is 5.41 Å². The van der Waals surface area contributed by atoms with E-state index in [4.69, 9.17) is 15.7 Å². The monoisotopic (exact) mass is 240 g/mol. The molecule has 1 aromatic carbocycles. The van der Waals surface area contributed by atoms with Crippen molar-refractivity contribution >= 4 is 32.5 Å². The standard InChI is InChI=1S/C8H8N4OS2/c1-13-8(9)15-14-7-4-2-6(3-5-7)11-12-10/h2-5,9H,1H3. The van der Waals surface area contributed by atoms with Crippen LogP contribution in [0.15, 0.2) is 34.3 Å². The van der Waals surface area contributed by atoms with E-state index in [1.54, 1.807) is 12.1 Å². The van der Waals surface area contributed by atoms with Crippen molar-refractivity contribution in [3.05, 3.63) is 34.7 Å². The zero-order valence-electron chi connectivity index (χ0n) is 7.88. The number of nitrogens with one attached hydrogen (secondary N) is 1. The number of nitrogens with zero attached hydrogens (tertiary/aromatic N) is 3. The van der Waals surface area contributed by atoms with E-state index in [9.17, 15) is 0 Å². The summed E-state index contributed by atoms with van der Waals surface area (Å²) in [4.78, 5) is 3.65. The average molecular weight is 240 g/mol. The van der Waals surface area contributed by atoms with Crippen LogP contribution in [0.4, 0.5) is 5.69 Å². The minimum absolute atomic E-state index is 0.152. The van der Waals surface area contributed by atoms with E-state index in [0.717, 1.165) is 4.90 Å². The molecule has 0 bridgehead atoms. The lowest BCUT2D eigenvalue weighted by Gasteiger charge is -2.01. The summed E-state index contributed by atoms with van der Waals surface area (Å²) in [5.41, 5.74) is 8.78. The van der Waals surface area contributed by atoms with Crippen LogP contribution in [0.25, 0.3) is 10.4 Å². The number of azide groups is 1. The molecule has 0 saturated carbocycles. The molecule has 0 heterocycles. The van der Waals surface area contributed by atoms with Crippen molar-refractivity contribution in [3.8, 4) is 0 Å². The van der Waals surface area contributed by atoms with Crippen LogP contribution in [0.2, 0.25) is 0 Å². The zero-order chi connectivity index (χ0) is 11.1. The Bertz CT molecular complexity index is 386. The third kappa shape index (κ3) is 4.16. The fourth-order valence-corrected chi connectivity index (χ4v) is 2.28. The predicted octanol–water partition coefficient (Wildman–Crippen LogP) is 3.95. The number of rotatable bonds is 3. The molecule has 0 aliphatic carbocycles. The Hall–Kier alpha value is -1.30. The van der Waals surface area contributed by atoms with Crippen LogP contribution in [0.5, 0.6) is 0 Å². The summed E-state index contributed by atoms with van der Waals surface area (Å²) in [7, 11) is 4.09. The lowest BCUT2D eigenvalue weighted by atomic mass is 10.3. The molecule has 78 valence electrons. The zero-order valence-corrected chi connectivity index (χ0v) is 9.51. The van der Waals surface area contributed by atoms with E-state index < -0.39 is 0 Å². The highest BCUT2D eigenvalue weighted by molar-refractivity contribution is 8.82. The summed E-state index contributed by atoms with van der Waals surface area (Å²) in [6.07, 6.45) is 0. The summed E-state index contributed by atoms with van der Waals surface area (Å²) < 4.78 is 4.69. The molecular formula is C8H8N4OS2. The molecule has 0 radical (unpaired) electrons. The molecule has 0 aliphatic heterocycles. The van der Waals surface area contributed by atoms with Gasteiger partial charge in [0.1, 0.15) is 0 Å². The van der Waals surface area contributed by atoms with E-state index in [0.29, 0.717) is 5.69 Å². The molecule has 5 nitrogen and oxygen atoms in total. The van der Waals surface area contributed by atoms with Gasteiger partial charge in [-0.2, -0.15) is 0 Å². The molecule has 0 unspecified atom stereocenters. The number of methoxy groups -OCH3 is 1. The maximum Gasteiger partial charge on any atom is 0.253 e. The van der Waals surface area contributed by atoms with Gasteiger partial charge in [0.05, 0.1) is 7.11 Å². The Morgan fingerprint density at radius 2 is 2.13 bits per heavy atom. The van der Waals surface area contributed by atoms with Crippen molar-refractivity contribution in [2.75, 3.05) is 7.11 Å². The van der Waals surface area contributed by atoms with Crippen LogP contribution in [0.3, 0.4) is 0 Å². The third-order valence-electron chi connectivity index (χ3n) is 1.40. The van der Waals surface area contributed by atoms with Crippen molar-refractivity contribution in [3.63, 3.8) is 0 Å². The molecular weight excluding hydrogens is 232 g/mol. The maximum absolute atomic E-state index is 8.20. The number of ether oxygens (including phenoxy) is 1. The fraction of sp³-hybridized carbons (Fsp3) is 0.125. The maximum atomic E-state index is 8.20. The van der Waals surface area contributed by atoms with E-state index in [1.807, 2.05) is 12.1 Å². The first-order valence-electron chi connectivity index (χ1n) is 3.88. The third-order valence-corrected chi connectivity index (χ3v) is 3.54. The van der Waals surface area contributed by atoms with Crippen LogP contribution in [-0.2, 0) is 4.74 Å². The summed E-state index contributed by atoms with van der Waals surface area (Å²) in [5, 5.41) is 10.9. The van der Waals surface area contributed by atoms with Gasteiger partial charge in [-0.05, 0) is 28.5 Å². The van der Waals surface area contributed by atoms with Gasteiger partial charge >= 0.3 is 0 Å². The summed E-state index contributed by atoms with van der Waals surface area (Å²) in [6.45, 7) is 0. The van der Waals surface area contributed by atoms with Crippen LogP contribution in [0.1, 0.15) is 0 Å². The molecule has 7 heteroatoms. The van der Waals surface area contributed by atoms with E-state index in [-0.39, 0.29) is 5.23 Å². The van der Waals surface area contributed by atoms with Crippen LogP contribution in [-0.4, -0.2) is 12.3 Å². The molecule has 0 aliphatic rings. The van der Waals surface area contributed by atoms with E-state index in [2.05, 4.69) is 10.0 Å². The van der Waals surface area contributed by atoms with Crippen molar-refractivity contribution in [1.82, 2.24) is 0 Å². The minimum atomic E-state index is 0.152. The Morgan fingerprint density at radius 3 is 2.67 bits per heavy atom. The lowest BCUT2D eigenvalue weighted by Crippen LogP contribution is -1.88. The van der Waals surface area contributed by atoms with Gasteiger partial charge in [0.2, 0.25) is 0 Å². The van der Waals surface area contributed by atoms with Gasteiger partial charge in [-0.3, -0.25) is 5.41 Å². The first kappa shape index (κ1) is 11.8. The highest BCUT2D eigenvalue weighted by Crippen LogP contribution is 2.32. The van der Waals surface area contributed by atoms with Gasteiger partial charge in [-0.1, -0.05) is 17.2 Å². The van der Waals surface area contributed by atoms with E-state index >= 15 is 0 Å². The molecule has 0 saturated heterocycles. The quantitative estimate of drug-likeness (QED) is 0.217. The topological polar surface area (TPSA) is 81.8 Å². The summed E-state index contributed by atoms with van der Waals surface area (Å²) in [6, 6.07) is 7.09. The van der Waals surface area contributed by atoms with Crippen LogP contribution >= 0.6 is 21.6 Å². The Balaban J connectivity index is 2.56. The molecule has 0 amide bonds. The first-order chi connectivity index (χ1) is 7.26. The molecule has 1 aromatic rings. The second-order valence-corrected chi connectivity index (χ2v) is 4.52. The Labute approximate surface area is 94.7 Å². The highest BCUT2D eigenvalue weighted by Gasteiger charge is 1.99. The van der Waals surface area contributed by atoms with Crippen molar-refractivity contribution < 1.29 is 4.74 Å². The van der Waals surface area contributed by atoms with Crippen molar-refractivity contribution in [2.24, 2.45) is 5.11 Å². The van der Waals surface area contributed by atoms with Gasteiger partial charge in [0.15, 0.2) is 0 Å². The normalized spacial score (nSPS) is 9.13. The van der Waals surface area contributed by atoms with Crippen molar-refractivity contribution in [1.29, 1.82) is 5.41 Å². The average Bonchev–Trinajstić information content (AvgIpc) is 2.28. The predicted molar refractivity (Wildman–Crippen MR) is 63.4 cm³/mol. The molecule has 0 spiro atoms. The molecule has 0 fully saturated rings. The summed E-state index contributed by atoms with van der Waals surface area (Å²) in [5.74, 6) is 0. The number of hydrogen-bond acceptors (Lipinski definition) is 5. The second-order valence-electron chi connectivity index (χ2n) is 2.34. The molecule has 15 heavy (non-hydrogen) atoms. The van der Waals surface area contributed by atoms with Gasteiger partial charge in [0.25, 0.3) is 5.23 Å². The fourth-order valence-electron chi connectivity index (χ4n) is 0.740. The first-order valence-corrected chi connectivity index (χ1v) is 6.03. The van der Waals surface area contributed by atoms with Crippen LogP contribution < -0.4 is 0 Å². The molecule has 0 aromatic heterocycles. The molecule has 1 rings (SSSR count). The number of benzene rings is 1. The van der Waals surface area contributed by atoms with E-state index in [1.165, 1.54) is 28.7 Å². The second kappa shape index (κ2) is 6.23. The lowest BCUT2D eigenvalue weighted by molar-refractivity contribution is 0.413. The van der Waals surface area contributed by atoms with Crippen molar-refractivity contribution in [2.45, 2.75) is 4.90 Å². The Morgan fingerprint density at radius 1 is 1.47 bits per heavy atom. The molecule has 0 atom stereocenters.